The van der Waals surface area contributed by atoms with Crippen molar-refractivity contribution in [3.8, 4) is 5.75 Å². The summed E-state index contributed by atoms with van der Waals surface area (Å²) < 4.78 is 5.26. The van der Waals surface area contributed by atoms with Gasteiger partial charge in [0.1, 0.15) is 5.75 Å². The molecule has 0 fully saturated rings. The lowest BCUT2D eigenvalue weighted by molar-refractivity contribution is -0.127. The third kappa shape index (κ3) is 7.27. The Kier molecular flexibility index (Phi) is 8.19. The van der Waals surface area contributed by atoms with Gasteiger partial charge >= 0.3 is 0 Å². The molecule has 0 saturated carbocycles. The first kappa shape index (κ1) is 21.3. The highest BCUT2D eigenvalue weighted by molar-refractivity contribution is 6.36. The second-order valence-electron chi connectivity index (χ2n) is 5.10. The zero-order valence-corrected chi connectivity index (χ0v) is 16.7. The first-order valence-corrected chi connectivity index (χ1v) is 8.98. The van der Waals surface area contributed by atoms with Gasteiger partial charge in [-0.25, -0.2) is 5.43 Å². The van der Waals surface area contributed by atoms with Crippen LogP contribution in [0, 0.1) is 0 Å². The van der Waals surface area contributed by atoms with Crippen molar-refractivity contribution in [2.24, 2.45) is 5.10 Å². The Morgan fingerprint density at radius 1 is 0.963 bits per heavy atom. The van der Waals surface area contributed by atoms with Gasteiger partial charge < -0.3 is 10.1 Å². The Balaban J connectivity index is 1.73. The maximum Gasteiger partial charge on any atom is 0.259 e. The summed E-state index contributed by atoms with van der Waals surface area (Å²) in [6, 6.07) is 9.47. The van der Waals surface area contributed by atoms with Gasteiger partial charge in [-0.3, -0.25) is 9.59 Å². The Morgan fingerprint density at radius 3 is 2.30 bits per heavy atom. The van der Waals surface area contributed by atoms with E-state index < -0.39 is 11.8 Å². The van der Waals surface area contributed by atoms with Crippen molar-refractivity contribution in [1.29, 1.82) is 0 Å². The topological polar surface area (TPSA) is 79.8 Å². The number of nitrogens with zero attached hydrogens (tertiary/aromatic N) is 1. The Morgan fingerprint density at radius 2 is 1.63 bits per heavy atom. The standard InChI is InChI=1S/C17H13Cl4N3O3/c18-11-2-1-10(13(20)5-11)7-23-24-16(25)8-22-17(26)9-27-15-4-3-12(19)6-14(15)21/h1-7H,8-9H2,(H,22,26)(H,24,25)/b23-7+. The van der Waals surface area contributed by atoms with Crippen LogP contribution in [0.3, 0.4) is 0 Å². The van der Waals surface area contributed by atoms with Gasteiger partial charge in [0.2, 0.25) is 0 Å². The molecule has 0 aromatic heterocycles. The van der Waals surface area contributed by atoms with E-state index in [1.165, 1.54) is 12.3 Å². The van der Waals surface area contributed by atoms with E-state index >= 15 is 0 Å². The molecule has 0 heterocycles. The molecule has 0 radical (unpaired) electrons. The predicted molar refractivity (Wildman–Crippen MR) is 107 cm³/mol. The van der Waals surface area contributed by atoms with Crippen LogP contribution in [0.1, 0.15) is 5.56 Å². The number of hydrogen-bond acceptors (Lipinski definition) is 4. The molecular weight excluding hydrogens is 436 g/mol. The maximum absolute atomic E-state index is 11.7. The van der Waals surface area contributed by atoms with Crippen molar-refractivity contribution < 1.29 is 14.3 Å². The van der Waals surface area contributed by atoms with Crippen LogP contribution in [0.25, 0.3) is 0 Å². The van der Waals surface area contributed by atoms with E-state index in [4.69, 9.17) is 51.1 Å². The highest BCUT2D eigenvalue weighted by atomic mass is 35.5. The molecule has 0 unspecified atom stereocenters. The van der Waals surface area contributed by atoms with Crippen LogP contribution >= 0.6 is 46.4 Å². The zero-order chi connectivity index (χ0) is 19.8. The lowest BCUT2D eigenvalue weighted by Gasteiger charge is -2.08. The molecule has 2 aromatic rings. The second kappa shape index (κ2) is 10.4. The normalized spacial score (nSPS) is 10.7. The molecule has 6 nitrogen and oxygen atoms in total. The number of nitrogens with one attached hydrogen (secondary N) is 2. The van der Waals surface area contributed by atoms with E-state index in [9.17, 15) is 9.59 Å². The minimum Gasteiger partial charge on any atom is -0.482 e. The fourth-order valence-electron chi connectivity index (χ4n) is 1.79. The molecule has 2 amide bonds. The summed E-state index contributed by atoms with van der Waals surface area (Å²) in [7, 11) is 0. The number of hydrogen-bond donors (Lipinski definition) is 2. The highest BCUT2D eigenvalue weighted by Crippen LogP contribution is 2.27. The Bertz CT molecular complexity index is 874. The smallest absolute Gasteiger partial charge is 0.259 e. The average molecular weight is 449 g/mol. The molecule has 0 atom stereocenters. The summed E-state index contributed by atoms with van der Waals surface area (Å²) in [5.74, 6) is -0.708. The molecule has 0 spiro atoms. The number of amides is 2. The molecule has 27 heavy (non-hydrogen) atoms. The van der Waals surface area contributed by atoms with Crippen molar-refractivity contribution in [1.82, 2.24) is 10.7 Å². The van der Waals surface area contributed by atoms with Crippen LogP contribution < -0.4 is 15.5 Å². The number of halogens is 4. The third-order valence-electron chi connectivity index (χ3n) is 3.05. The van der Waals surface area contributed by atoms with E-state index in [0.29, 0.717) is 26.4 Å². The van der Waals surface area contributed by atoms with Crippen molar-refractivity contribution in [2.75, 3.05) is 13.2 Å². The fraction of sp³-hybridized carbons (Fsp3) is 0.118. The van der Waals surface area contributed by atoms with Crippen LogP contribution in [0.5, 0.6) is 5.75 Å². The molecule has 0 aliphatic heterocycles. The van der Waals surface area contributed by atoms with Crippen molar-refractivity contribution in [2.45, 2.75) is 0 Å². The van der Waals surface area contributed by atoms with Crippen molar-refractivity contribution in [3.05, 3.63) is 62.1 Å². The van der Waals surface area contributed by atoms with Gasteiger partial charge in [0.05, 0.1) is 22.8 Å². The highest BCUT2D eigenvalue weighted by Gasteiger charge is 2.08. The summed E-state index contributed by atoms with van der Waals surface area (Å²) >= 11 is 23.5. The van der Waals surface area contributed by atoms with Crippen LogP contribution in [0.4, 0.5) is 0 Å². The van der Waals surface area contributed by atoms with Crippen molar-refractivity contribution >= 4 is 64.4 Å². The molecule has 0 bridgehead atoms. The number of ether oxygens (including phenoxy) is 1. The number of hydrazone groups is 1. The number of carbonyl (C=O) groups excluding carboxylic acids is 2. The van der Waals surface area contributed by atoms with Gasteiger partial charge in [0.15, 0.2) is 6.61 Å². The average Bonchev–Trinajstić information content (AvgIpc) is 2.61. The lowest BCUT2D eigenvalue weighted by atomic mass is 10.2. The Hall–Kier alpha value is -1.99. The summed E-state index contributed by atoms with van der Waals surface area (Å²) in [6.07, 6.45) is 1.37. The van der Waals surface area contributed by atoms with E-state index in [1.807, 2.05) is 0 Å². The number of rotatable bonds is 7. The van der Waals surface area contributed by atoms with E-state index in [0.717, 1.165) is 0 Å². The minimum absolute atomic E-state index is 0.276. The van der Waals surface area contributed by atoms with Gasteiger partial charge in [-0.1, -0.05) is 52.5 Å². The van der Waals surface area contributed by atoms with Crippen LogP contribution in [0.15, 0.2) is 41.5 Å². The van der Waals surface area contributed by atoms with E-state index in [2.05, 4.69) is 15.8 Å². The Labute approximate surface area is 175 Å². The molecule has 2 rings (SSSR count). The summed E-state index contributed by atoms with van der Waals surface area (Å²) in [4.78, 5) is 23.4. The first-order valence-electron chi connectivity index (χ1n) is 7.46. The number of carbonyl (C=O) groups is 2. The van der Waals surface area contributed by atoms with Crippen LogP contribution in [-0.4, -0.2) is 31.2 Å². The van der Waals surface area contributed by atoms with Gasteiger partial charge in [0, 0.05) is 15.6 Å². The third-order valence-corrected chi connectivity index (χ3v) is 4.15. The second-order valence-corrected chi connectivity index (χ2v) is 6.79. The van der Waals surface area contributed by atoms with E-state index in [1.54, 1.807) is 30.3 Å². The van der Waals surface area contributed by atoms with Gasteiger partial charge in [-0.2, -0.15) is 5.10 Å². The molecular formula is C17H13Cl4N3O3. The number of benzene rings is 2. The summed E-state index contributed by atoms with van der Waals surface area (Å²) in [5.41, 5.74) is 2.85. The summed E-state index contributed by atoms with van der Waals surface area (Å²) in [5, 5.41) is 7.77. The zero-order valence-electron chi connectivity index (χ0n) is 13.6. The molecule has 2 N–H and O–H groups in total. The van der Waals surface area contributed by atoms with Crippen LogP contribution in [-0.2, 0) is 9.59 Å². The van der Waals surface area contributed by atoms with Gasteiger partial charge in [0.25, 0.3) is 11.8 Å². The predicted octanol–water partition coefficient (Wildman–Crippen LogP) is 3.95. The molecule has 142 valence electrons. The fourth-order valence-corrected chi connectivity index (χ4v) is 2.71. The molecule has 10 heteroatoms. The monoisotopic (exact) mass is 447 g/mol. The van der Waals surface area contributed by atoms with Crippen molar-refractivity contribution in [3.63, 3.8) is 0 Å². The largest absolute Gasteiger partial charge is 0.482 e. The summed E-state index contributed by atoms with van der Waals surface area (Å²) in [6.45, 7) is -0.583. The molecule has 2 aromatic carbocycles. The maximum atomic E-state index is 11.7. The minimum atomic E-state index is -0.519. The van der Waals surface area contributed by atoms with E-state index in [-0.39, 0.29) is 18.2 Å². The molecule has 0 aliphatic rings. The van der Waals surface area contributed by atoms with Gasteiger partial charge in [-0.15, -0.1) is 0 Å². The molecule has 0 aliphatic carbocycles. The SMILES string of the molecule is O=C(COc1ccc(Cl)cc1Cl)NCC(=O)N/N=C/c1ccc(Cl)cc1Cl. The molecule has 0 saturated heterocycles. The quantitative estimate of drug-likeness (QED) is 0.497. The van der Waals surface area contributed by atoms with Gasteiger partial charge in [-0.05, 0) is 30.3 Å². The van der Waals surface area contributed by atoms with Crippen LogP contribution in [0.2, 0.25) is 20.1 Å². The first-order chi connectivity index (χ1) is 12.8. The lowest BCUT2D eigenvalue weighted by Crippen LogP contribution is -2.37.